The van der Waals surface area contributed by atoms with Crippen molar-refractivity contribution < 1.29 is 9.47 Å². The quantitative estimate of drug-likeness (QED) is 0.735. The average Bonchev–Trinajstić information content (AvgIpc) is 2.44. The van der Waals surface area contributed by atoms with Crippen LogP contribution in [-0.2, 0) is 6.42 Å². The third-order valence-corrected chi connectivity index (χ3v) is 3.50. The Morgan fingerprint density at radius 1 is 1.05 bits per heavy atom. The number of rotatable bonds is 9. The van der Waals surface area contributed by atoms with E-state index in [0.717, 1.165) is 24.2 Å². The second-order valence-corrected chi connectivity index (χ2v) is 5.04. The van der Waals surface area contributed by atoms with Gasteiger partial charge in [0.05, 0.1) is 18.2 Å². The van der Waals surface area contributed by atoms with E-state index >= 15 is 0 Å². The topological polar surface area (TPSA) is 70.5 Å². The smallest absolute Gasteiger partial charge is 0.141 e. The van der Waals surface area contributed by atoms with Crippen molar-refractivity contribution in [2.45, 2.75) is 26.7 Å². The lowest BCUT2D eigenvalue weighted by molar-refractivity contribution is 0.320. The molecule has 0 unspecified atom stereocenters. The molecule has 20 heavy (non-hydrogen) atoms. The summed E-state index contributed by atoms with van der Waals surface area (Å²) in [5.41, 5.74) is 12.4. The molecule has 0 fully saturated rings. The van der Waals surface area contributed by atoms with Crippen LogP contribution < -0.4 is 20.9 Å². The summed E-state index contributed by atoms with van der Waals surface area (Å²) in [6.07, 6.45) is 1.78. The van der Waals surface area contributed by atoms with Crippen molar-refractivity contribution >= 4 is 11.6 Å². The predicted octanol–water partition coefficient (Wildman–Crippen LogP) is 2.60. The number of hydrogen-bond acceptors (Lipinski definition) is 4. The number of nitrogens with two attached hydrogens (primary N) is 2. The number of aryl methyl sites for hydroxylation is 1. The molecule has 0 saturated carbocycles. The molecule has 0 bridgehead atoms. The molecule has 1 aromatic carbocycles. The average molecular weight is 301 g/mol. The lowest BCUT2D eigenvalue weighted by Gasteiger charge is -2.16. The van der Waals surface area contributed by atoms with Gasteiger partial charge in [-0.2, -0.15) is 0 Å². The van der Waals surface area contributed by atoms with Gasteiger partial charge in [-0.15, -0.1) is 0 Å². The van der Waals surface area contributed by atoms with Gasteiger partial charge >= 0.3 is 0 Å². The van der Waals surface area contributed by atoms with Gasteiger partial charge in [0.1, 0.15) is 11.5 Å². The normalized spacial score (nSPS) is 10.9. The predicted molar refractivity (Wildman–Crippen MR) is 83.7 cm³/mol. The molecule has 4 N–H and O–H groups in total. The largest absolute Gasteiger partial charge is 0.493 e. The molecular weight excluding hydrogens is 276 g/mol. The Bertz CT molecular complexity index is 409. The van der Waals surface area contributed by atoms with Gasteiger partial charge in [0.2, 0.25) is 0 Å². The Labute approximate surface area is 126 Å². The highest BCUT2D eigenvalue weighted by molar-refractivity contribution is 6.32. The molecule has 0 amide bonds. The highest BCUT2D eigenvalue weighted by Gasteiger charge is 2.12. The van der Waals surface area contributed by atoms with Crippen molar-refractivity contribution in [2.75, 3.05) is 26.3 Å². The van der Waals surface area contributed by atoms with Crippen molar-refractivity contribution in [2.24, 2.45) is 17.4 Å². The van der Waals surface area contributed by atoms with E-state index in [9.17, 15) is 0 Å². The Morgan fingerprint density at radius 3 is 2.20 bits per heavy atom. The van der Waals surface area contributed by atoms with Crippen LogP contribution in [0.25, 0.3) is 0 Å². The van der Waals surface area contributed by atoms with Crippen LogP contribution in [0.15, 0.2) is 12.1 Å². The molecule has 0 heterocycles. The van der Waals surface area contributed by atoms with E-state index < -0.39 is 0 Å². The molecule has 114 valence electrons. The molecular formula is C15H25ClN2O2. The summed E-state index contributed by atoms with van der Waals surface area (Å²) in [6, 6.07) is 3.78. The van der Waals surface area contributed by atoms with Crippen LogP contribution in [0.2, 0.25) is 5.02 Å². The zero-order valence-corrected chi connectivity index (χ0v) is 13.1. The SMILES string of the molecule is CCOc1cc(OCC)c(CCC(CN)CN)cc1Cl. The lowest BCUT2D eigenvalue weighted by Crippen LogP contribution is -2.23. The minimum absolute atomic E-state index is 0.329. The number of hydrogen-bond donors (Lipinski definition) is 2. The molecule has 0 radical (unpaired) electrons. The van der Waals surface area contributed by atoms with E-state index in [4.69, 9.17) is 32.5 Å². The maximum atomic E-state index is 6.23. The van der Waals surface area contributed by atoms with Gasteiger partial charge in [-0.3, -0.25) is 0 Å². The summed E-state index contributed by atoms with van der Waals surface area (Å²) in [6.45, 7) is 6.28. The number of benzene rings is 1. The maximum absolute atomic E-state index is 6.23. The van der Waals surface area contributed by atoms with Crippen LogP contribution in [0.1, 0.15) is 25.8 Å². The van der Waals surface area contributed by atoms with E-state index in [1.165, 1.54) is 0 Å². The minimum Gasteiger partial charge on any atom is -0.493 e. The monoisotopic (exact) mass is 300 g/mol. The van der Waals surface area contributed by atoms with Crippen LogP contribution in [0.5, 0.6) is 11.5 Å². The fraction of sp³-hybridized carbons (Fsp3) is 0.600. The molecule has 0 spiro atoms. The first-order chi connectivity index (χ1) is 9.65. The molecule has 0 aromatic heterocycles. The number of halogens is 1. The van der Waals surface area contributed by atoms with E-state index in [1.807, 2.05) is 26.0 Å². The van der Waals surface area contributed by atoms with Crippen LogP contribution >= 0.6 is 11.6 Å². The second kappa shape index (κ2) is 9.06. The Balaban J connectivity index is 2.89. The van der Waals surface area contributed by atoms with Crippen molar-refractivity contribution in [1.29, 1.82) is 0 Å². The summed E-state index contributed by atoms with van der Waals surface area (Å²) in [5.74, 6) is 1.82. The molecule has 0 saturated heterocycles. The zero-order valence-electron chi connectivity index (χ0n) is 12.3. The van der Waals surface area contributed by atoms with E-state index in [2.05, 4.69) is 0 Å². The molecule has 1 aromatic rings. The van der Waals surface area contributed by atoms with Crippen LogP contribution in [0.3, 0.4) is 0 Å². The Kier molecular flexibility index (Phi) is 7.73. The van der Waals surface area contributed by atoms with Gasteiger partial charge in [-0.05, 0) is 57.3 Å². The van der Waals surface area contributed by atoms with E-state index in [0.29, 0.717) is 43.0 Å². The minimum atomic E-state index is 0.329. The van der Waals surface area contributed by atoms with E-state index in [1.54, 1.807) is 0 Å². The molecule has 0 aliphatic heterocycles. The van der Waals surface area contributed by atoms with Crippen LogP contribution in [-0.4, -0.2) is 26.3 Å². The standard InChI is InChI=1S/C15H25ClN2O2/c1-3-19-14-8-15(20-4-2)13(16)7-12(14)6-5-11(9-17)10-18/h7-8,11H,3-6,9-10,17-18H2,1-2H3. The molecule has 0 aliphatic carbocycles. The summed E-state index contributed by atoms with van der Waals surface area (Å²) in [4.78, 5) is 0. The molecule has 0 aliphatic rings. The highest BCUT2D eigenvalue weighted by Crippen LogP contribution is 2.34. The lowest BCUT2D eigenvalue weighted by atomic mass is 9.99. The maximum Gasteiger partial charge on any atom is 0.141 e. The van der Waals surface area contributed by atoms with Crippen molar-refractivity contribution in [3.05, 3.63) is 22.7 Å². The summed E-state index contributed by atoms with van der Waals surface area (Å²) in [5, 5.41) is 0.613. The van der Waals surface area contributed by atoms with Gasteiger partial charge in [-0.1, -0.05) is 11.6 Å². The third kappa shape index (κ3) is 4.85. The molecule has 0 atom stereocenters. The molecule has 1 rings (SSSR count). The summed E-state index contributed by atoms with van der Waals surface area (Å²) < 4.78 is 11.2. The van der Waals surface area contributed by atoms with Gasteiger partial charge < -0.3 is 20.9 Å². The highest BCUT2D eigenvalue weighted by atomic mass is 35.5. The number of ether oxygens (including phenoxy) is 2. The van der Waals surface area contributed by atoms with E-state index in [-0.39, 0.29) is 0 Å². The first-order valence-electron chi connectivity index (χ1n) is 7.14. The van der Waals surface area contributed by atoms with Gasteiger partial charge in [0.15, 0.2) is 0 Å². The van der Waals surface area contributed by atoms with Crippen LogP contribution in [0.4, 0.5) is 0 Å². The van der Waals surface area contributed by atoms with Gasteiger partial charge in [0.25, 0.3) is 0 Å². The van der Waals surface area contributed by atoms with Crippen molar-refractivity contribution in [3.63, 3.8) is 0 Å². The fourth-order valence-electron chi connectivity index (χ4n) is 2.02. The van der Waals surface area contributed by atoms with Gasteiger partial charge in [0, 0.05) is 6.07 Å². The van der Waals surface area contributed by atoms with Crippen molar-refractivity contribution in [3.8, 4) is 11.5 Å². The fourth-order valence-corrected chi connectivity index (χ4v) is 2.26. The third-order valence-electron chi connectivity index (χ3n) is 3.20. The molecule has 5 heteroatoms. The Morgan fingerprint density at radius 2 is 1.65 bits per heavy atom. The summed E-state index contributed by atoms with van der Waals surface area (Å²) in [7, 11) is 0. The first-order valence-corrected chi connectivity index (χ1v) is 7.52. The Hall–Kier alpha value is -0.970. The van der Waals surface area contributed by atoms with Crippen molar-refractivity contribution in [1.82, 2.24) is 0 Å². The first kappa shape index (κ1) is 17.1. The summed E-state index contributed by atoms with van der Waals surface area (Å²) >= 11 is 6.23. The van der Waals surface area contributed by atoms with Gasteiger partial charge in [-0.25, -0.2) is 0 Å². The second-order valence-electron chi connectivity index (χ2n) is 4.63. The van der Waals surface area contributed by atoms with Crippen LogP contribution in [0, 0.1) is 5.92 Å². The molecule has 4 nitrogen and oxygen atoms in total. The zero-order chi connectivity index (χ0) is 15.0.